The molecule has 0 aromatic heterocycles. The van der Waals surface area contributed by atoms with Crippen LogP contribution in [-0.2, 0) is 9.53 Å². The smallest absolute Gasteiger partial charge is 0.170 e. The van der Waals surface area contributed by atoms with Gasteiger partial charge in [0.2, 0.25) is 0 Å². The molecule has 2 heterocycles. The van der Waals surface area contributed by atoms with E-state index in [1.54, 1.807) is 7.11 Å². The van der Waals surface area contributed by atoms with Crippen molar-refractivity contribution in [1.82, 2.24) is 10.6 Å². The normalized spacial score (nSPS) is 29.2. The van der Waals surface area contributed by atoms with Crippen LogP contribution in [0.2, 0.25) is 0 Å². The van der Waals surface area contributed by atoms with Gasteiger partial charge >= 0.3 is 0 Å². The Morgan fingerprint density at radius 1 is 1.06 bits per heavy atom. The number of nitrogens with one attached hydrogen (secondary N) is 2. The van der Waals surface area contributed by atoms with E-state index in [0.717, 1.165) is 6.29 Å². The summed E-state index contributed by atoms with van der Waals surface area (Å²) in [5, 5.41) is 6.28. The Morgan fingerprint density at radius 2 is 1.59 bits per heavy atom. The average molecular weight is 232 g/mol. The molecule has 4 nitrogen and oxygen atoms in total. The third-order valence-corrected chi connectivity index (χ3v) is 3.08. The predicted molar refractivity (Wildman–Crippen MR) is 66.2 cm³/mol. The molecule has 4 heteroatoms. The molecular formula is C13H16N2O2. The molecule has 0 bridgehead atoms. The molecule has 17 heavy (non-hydrogen) atoms. The quantitative estimate of drug-likeness (QED) is 0.699. The zero-order chi connectivity index (χ0) is 12.1. The van der Waals surface area contributed by atoms with Crippen molar-refractivity contribution >= 4 is 6.29 Å². The second kappa shape index (κ2) is 5.01. The minimum Gasteiger partial charge on any atom is -0.381 e. The maximum atomic E-state index is 11.5. The highest BCUT2D eigenvalue weighted by Crippen LogP contribution is 2.23. The van der Waals surface area contributed by atoms with Crippen LogP contribution in [0.1, 0.15) is 0 Å². The largest absolute Gasteiger partial charge is 0.381 e. The van der Waals surface area contributed by atoms with E-state index in [4.69, 9.17) is 4.74 Å². The maximum absolute atomic E-state index is 11.5. The molecule has 2 aliphatic heterocycles. The lowest BCUT2D eigenvalue weighted by molar-refractivity contribution is -0.131. The van der Waals surface area contributed by atoms with Gasteiger partial charge < -0.3 is 15.4 Å². The summed E-state index contributed by atoms with van der Waals surface area (Å²) in [6.07, 6.45) is 15.9. The number of allylic oxidation sites excluding steroid dienone is 4. The molecule has 2 unspecified atom stereocenters. The Labute approximate surface area is 101 Å². The lowest BCUT2D eigenvalue weighted by Gasteiger charge is -2.40. The summed E-state index contributed by atoms with van der Waals surface area (Å²) in [6.45, 7) is 0. The Balaban J connectivity index is 2.27. The van der Waals surface area contributed by atoms with Crippen LogP contribution in [0.5, 0.6) is 0 Å². The van der Waals surface area contributed by atoms with Gasteiger partial charge in [-0.1, -0.05) is 24.3 Å². The summed E-state index contributed by atoms with van der Waals surface area (Å²) in [7, 11) is 1.55. The molecule has 0 saturated heterocycles. The third kappa shape index (κ3) is 2.03. The number of rotatable bonds is 4. The molecule has 0 aliphatic carbocycles. The van der Waals surface area contributed by atoms with E-state index in [-0.39, 0.29) is 12.1 Å². The Kier molecular flexibility index (Phi) is 3.44. The maximum Gasteiger partial charge on any atom is 0.170 e. The Morgan fingerprint density at radius 3 is 1.88 bits per heavy atom. The number of carbonyl (C=O) groups is 1. The fourth-order valence-electron chi connectivity index (χ4n) is 2.09. The zero-order valence-electron chi connectivity index (χ0n) is 9.67. The second-order valence-corrected chi connectivity index (χ2v) is 3.95. The summed E-state index contributed by atoms with van der Waals surface area (Å²) < 4.78 is 5.50. The van der Waals surface area contributed by atoms with Gasteiger partial charge in [-0.25, -0.2) is 0 Å². The van der Waals surface area contributed by atoms with Crippen LogP contribution in [0.4, 0.5) is 0 Å². The third-order valence-electron chi connectivity index (χ3n) is 3.08. The molecule has 90 valence electrons. The van der Waals surface area contributed by atoms with Gasteiger partial charge in [0.05, 0.1) is 12.1 Å². The van der Waals surface area contributed by atoms with Gasteiger partial charge in [-0.3, -0.25) is 4.79 Å². The van der Waals surface area contributed by atoms with E-state index in [2.05, 4.69) is 10.6 Å². The van der Waals surface area contributed by atoms with E-state index in [0.29, 0.717) is 0 Å². The van der Waals surface area contributed by atoms with Gasteiger partial charge in [0.15, 0.2) is 11.9 Å². The van der Waals surface area contributed by atoms with Crippen molar-refractivity contribution in [2.45, 2.75) is 17.7 Å². The Hall–Kier alpha value is -1.81. The highest BCUT2D eigenvalue weighted by atomic mass is 16.5. The van der Waals surface area contributed by atoms with Crippen molar-refractivity contribution in [3.05, 3.63) is 48.9 Å². The number of hydrogen-bond donors (Lipinski definition) is 2. The van der Waals surface area contributed by atoms with Crippen molar-refractivity contribution in [3.8, 4) is 0 Å². The molecule has 2 aliphatic rings. The fraction of sp³-hybridized carbons (Fsp3) is 0.308. The minimum absolute atomic E-state index is 0.191. The molecule has 0 fully saturated rings. The van der Waals surface area contributed by atoms with Crippen LogP contribution >= 0.6 is 0 Å². The fourth-order valence-corrected chi connectivity index (χ4v) is 2.09. The molecule has 0 amide bonds. The monoisotopic (exact) mass is 232 g/mol. The van der Waals surface area contributed by atoms with Crippen molar-refractivity contribution < 1.29 is 9.53 Å². The van der Waals surface area contributed by atoms with Gasteiger partial charge in [-0.15, -0.1) is 0 Å². The lowest BCUT2D eigenvalue weighted by Crippen LogP contribution is -2.62. The molecule has 0 radical (unpaired) electrons. The van der Waals surface area contributed by atoms with Crippen LogP contribution in [0.25, 0.3) is 0 Å². The van der Waals surface area contributed by atoms with Gasteiger partial charge in [0.1, 0.15) is 0 Å². The van der Waals surface area contributed by atoms with Crippen LogP contribution in [-0.4, -0.2) is 31.1 Å². The first kappa shape index (κ1) is 11.7. The van der Waals surface area contributed by atoms with E-state index in [1.807, 2.05) is 48.9 Å². The number of carbonyl (C=O) groups excluding carboxylic acids is 1. The highest BCUT2D eigenvalue weighted by molar-refractivity contribution is 5.68. The molecule has 0 aromatic rings. The van der Waals surface area contributed by atoms with Crippen LogP contribution < -0.4 is 10.6 Å². The first-order valence-corrected chi connectivity index (χ1v) is 5.54. The Bertz CT molecular complexity index is 366. The molecule has 0 saturated carbocycles. The van der Waals surface area contributed by atoms with Gasteiger partial charge in [-0.2, -0.15) is 0 Å². The molecule has 2 N–H and O–H groups in total. The van der Waals surface area contributed by atoms with Gasteiger partial charge in [0, 0.05) is 7.11 Å². The van der Waals surface area contributed by atoms with Crippen LogP contribution in [0, 0.1) is 0 Å². The summed E-state index contributed by atoms with van der Waals surface area (Å²) in [5.41, 5.74) is -0.956. The number of aldehydes is 1. The number of methoxy groups -OCH3 is 1. The second-order valence-electron chi connectivity index (χ2n) is 3.95. The first-order valence-electron chi connectivity index (χ1n) is 5.54. The molecule has 2 rings (SSSR count). The molecular weight excluding hydrogens is 216 g/mol. The van der Waals surface area contributed by atoms with Gasteiger partial charge in [-0.05, 0) is 24.6 Å². The molecule has 0 spiro atoms. The van der Waals surface area contributed by atoms with Crippen molar-refractivity contribution in [2.24, 2.45) is 0 Å². The molecule has 0 aromatic carbocycles. The van der Waals surface area contributed by atoms with Crippen molar-refractivity contribution in [3.63, 3.8) is 0 Å². The summed E-state index contributed by atoms with van der Waals surface area (Å²) in [6, 6.07) is -0.382. The van der Waals surface area contributed by atoms with Crippen molar-refractivity contribution in [2.75, 3.05) is 7.11 Å². The van der Waals surface area contributed by atoms with E-state index in [9.17, 15) is 4.79 Å². The summed E-state index contributed by atoms with van der Waals surface area (Å²) in [4.78, 5) is 11.5. The standard InChI is InChI=1S/C13H16N2O2/c1-17-13(10-16,11-6-2-4-8-14-11)12-7-3-5-9-15-12/h2-12,14-15H,1H3. The van der Waals surface area contributed by atoms with Crippen LogP contribution in [0.15, 0.2) is 48.9 Å². The zero-order valence-corrected chi connectivity index (χ0v) is 9.67. The molecule has 2 atom stereocenters. The first-order chi connectivity index (χ1) is 8.33. The minimum atomic E-state index is -0.956. The average Bonchev–Trinajstić information content (AvgIpc) is 2.43. The van der Waals surface area contributed by atoms with E-state index >= 15 is 0 Å². The van der Waals surface area contributed by atoms with Crippen LogP contribution in [0.3, 0.4) is 0 Å². The van der Waals surface area contributed by atoms with Gasteiger partial charge in [0.25, 0.3) is 0 Å². The number of hydrogen-bond acceptors (Lipinski definition) is 4. The number of ether oxygens (including phenoxy) is 1. The summed E-state index contributed by atoms with van der Waals surface area (Å²) in [5.74, 6) is 0. The lowest BCUT2D eigenvalue weighted by atomic mass is 9.85. The SMILES string of the molecule is COC(C=O)(C1C=CC=CN1)C1C=CC=CN1. The number of dihydropyridines is 2. The summed E-state index contributed by atoms with van der Waals surface area (Å²) >= 11 is 0. The van der Waals surface area contributed by atoms with E-state index < -0.39 is 5.60 Å². The predicted octanol–water partition coefficient (Wildman–Crippen LogP) is 0.654. The highest BCUT2D eigenvalue weighted by Gasteiger charge is 2.44. The van der Waals surface area contributed by atoms with E-state index in [1.165, 1.54) is 0 Å². The topological polar surface area (TPSA) is 50.4 Å². The van der Waals surface area contributed by atoms with Crippen molar-refractivity contribution in [1.29, 1.82) is 0 Å².